The molecule has 0 N–H and O–H groups in total. The third kappa shape index (κ3) is 2.46. The van der Waals surface area contributed by atoms with Crippen LogP contribution in [0.25, 0.3) is 0 Å². The first kappa shape index (κ1) is 10.1. The predicted octanol–water partition coefficient (Wildman–Crippen LogP) is 2.54. The maximum atomic E-state index is 5.41. The van der Waals surface area contributed by atoms with Crippen molar-refractivity contribution in [2.45, 2.75) is 20.3 Å². The molecule has 0 spiro atoms. The molecule has 0 aliphatic rings. The second kappa shape index (κ2) is 4.87. The minimum atomic E-state index is 0.313. The fourth-order valence-corrected chi connectivity index (χ4v) is 1.32. The minimum Gasteiger partial charge on any atom is -0.467 e. The van der Waals surface area contributed by atoms with Crippen molar-refractivity contribution >= 4 is 0 Å². The number of methoxy groups -OCH3 is 1. The summed E-state index contributed by atoms with van der Waals surface area (Å²) in [6.45, 7) is 4.53. The van der Waals surface area contributed by atoms with E-state index in [1.165, 1.54) is 11.1 Å². The van der Waals surface area contributed by atoms with Crippen molar-refractivity contribution in [3.8, 4) is 5.75 Å². The number of rotatable bonds is 4. The van der Waals surface area contributed by atoms with E-state index in [0.717, 1.165) is 12.2 Å². The summed E-state index contributed by atoms with van der Waals surface area (Å²) in [6, 6.07) is 6.10. The van der Waals surface area contributed by atoms with E-state index < -0.39 is 0 Å². The highest BCUT2D eigenvalue weighted by molar-refractivity contribution is 5.38. The van der Waals surface area contributed by atoms with Crippen LogP contribution < -0.4 is 4.74 Å². The molecule has 2 nitrogen and oxygen atoms in total. The van der Waals surface area contributed by atoms with Crippen LogP contribution in [0.15, 0.2) is 18.2 Å². The van der Waals surface area contributed by atoms with Crippen LogP contribution in [0.1, 0.15) is 18.1 Å². The molecular formula is C11H16O2. The molecule has 0 bridgehead atoms. The summed E-state index contributed by atoms with van der Waals surface area (Å²) in [5, 5.41) is 0. The van der Waals surface area contributed by atoms with Gasteiger partial charge in [-0.1, -0.05) is 19.1 Å². The molecule has 0 aliphatic heterocycles. The molecule has 0 saturated heterocycles. The highest BCUT2D eigenvalue weighted by atomic mass is 16.7. The second-order valence-electron chi connectivity index (χ2n) is 2.94. The number of benzene rings is 1. The van der Waals surface area contributed by atoms with Crippen LogP contribution in [0, 0.1) is 6.92 Å². The smallest absolute Gasteiger partial charge is 0.188 e. The Balaban J connectivity index is 2.81. The first-order chi connectivity index (χ1) is 6.29. The van der Waals surface area contributed by atoms with E-state index in [9.17, 15) is 0 Å². The maximum absolute atomic E-state index is 5.41. The lowest BCUT2D eigenvalue weighted by molar-refractivity contribution is 0.0506. The topological polar surface area (TPSA) is 18.5 Å². The largest absolute Gasteiger partial charge is 0.467 e. The summed E-state index contributed by atoms with van der Waals surface area (Å²) in [5.74, 6) is 0.918. The Kier molecular flexibility index (Phi) is 3.77. The quantitative estimate of drug-likeness (QED) is 0.663. The second-order valence-corrected chi connectivity index (χ2v) is 2.94. The molecule has 72 valence electrons. The van der Waals surface area contributed by atoms with E-state index in [1.807, 2.05) is 12.1 Å². The summed E-state index contributed by atoms with van der Waals surface area (Å²) < 4.78 is 10.3. The number of ether oxygens (including phenoxy) is 2. The van der Waals surface area contributed by atoms with Crippen LogP contribution in [-0.4, -0.2) is 13.9 Å². The Bertz CT molecular complexity index is 269. The van der Waals surface area contributed by atoms with Crippen molar-refractivity contribution in [3.63, 3.8) is 0 Å². The summed E-state index contributed by atoms with van der Waals surface area (Å²) >= 11 is 0. The Morgan fingerprint density at radius 1 is 1.31 bits per heavy atom. The molecule has 1 rings (SSSR count). The van der Waals surface area contributed by atoms with E-state index in [2.05, 4.69) is 19.9 Å². The van der Waals surface area contributed by atoms with Gasteiger partial charge in [-0.3, -0.25) is 0 Å². The Labute approximate surface area is 79.5 Å². The third-order valence-electron chi connectivity index (χ3n) is 2.11. The molecule has 2 heteroatoms. The van der Waals surface area contributed by atoms with Gasteiger partial charge in [0, 0.05) is 7.11 Å². The van der Waals surface area contributed by atoms with Gasteiger partial charge in [-0.05, 0) is 30.5 Å². The van der Waals surface area contributed by atoms with E-state index in [0.29, 0.717) is 6.79 Å². The molecule has 0 aliphatic carbocycles. The first-order valence-corrected chi connectivity index (χ1v) is 4.49. The molecule has 0 heterocycles. The van der Waals surface area contributed by atoms with Gasteiger partial charge < -0.3 is 9.47 Å². The van der Waals surface area contributed by atoms with Crippen molar-refractivity contribution in [1.82, 2.24) is 0 Å². The fourth-order valence-electron chi connectivity index (χ4n) is 1.32. The SMILES string of the molecule is CCc1cccc(OCOC)c1C. The zero-order valence-corrected chi connectivity index (χ0v) is 8.46. The van der Waals surface area contributed by atoms with Gasteiger partial charge >= 0.3 is 0 Å². The zero-order valence-electron chi connectivity index (χ0n) is 8.46. The molecule has 13 heavy (non-hydrogen) atoms. The van der Waals surface area contributed by atoms with Crippen LogP contribution in [0.5, 0.6) is 5.75 Å². The van der Waals surface area contributed by atoms with Gasteiger partial charge in [-0.25, -0.2) is 0 Å². The van der Waals surface area contributed by atoms with Crippen molar-refractivity contribution in [3.05, 3.63) is 29.3 Å². The van der Waals surface area contributed by atoms with Gasteiger partial charge in [0.25, 0.3) is 0 Å². The van der Waals surface area contributed by atoms with Crippen molar-refractivity contribution in [1.29, 1.82) is 0 Å². The van der Waals surface area contributed by atoms with E-state index in [-0.39, 0.29) is 0 Å². The zero-order chi connectivity index (χ0) is 9.68. The average Bonchev–Trinajstić information content (AvgIpc) is 2.16. The number of hydrogen-bond acceptors (Lipinski definition) is 2. The van der Waals surface area contributed by atoms with Gasteiger partial charge in [-0.15, -0.1) is 0 Å². The van der Waals surface area contributed by atoms with E-state index in [1.54, 1.807) is 7.11 Å². The van der Waals surface area contributed by atoms with E-state index >= 15 is 0 Å². The summed E-state index contributed by atoms with van der Waals surface area (Å²) in [7, 11) is 1.62. The lowest BCUT2D eigenvalue weighted by Crippen LogP contribution is -2.01. The lowest BCUT2D eigenvalue weighted by atomic mass is 10.1. The molecule has 0 atom stereocenters. The number of hydrogen-bond donors (Lipinski definition) is 0. The third-order valence-corrected chi connectivity index (χ3v) is 2.11. The molecule has 0 fully saturated rings. The number of aryl methyl sites for hydroxylation is 1. The molecular weight excluding hydrogens is 164 g/mol. The van der Waals surface area contributed by atoms with Crippen LogP contribution in [0.2, 0.25) is 0 Å². The van der Waals surface area contributed by atoms with Crippen LogP contribution >= 0.6 is 0 Å². The van der Waals surface area contributed by atoms with Gasteiger partial charge in [0.15, 0.2) is 6.79 Å². The molecule has 0 amide bonds. The van der Waals surface area contributed by atoms with Crippen LogP contribution in [0.3, 0.4) is 0 Å². The fraction of sp³-hybridized carbons (Fsp3) is 0.455. The Morgan fingerprint density at radius 2 is 2.08 bits per heavy atom. The molecule has 0 unspecified atom stereocenters. The van der Waals surface area contributed by atoms with Gasteiger partial charge in [0.2, 0.25) is 0 Å². The first-order valence-electron chi connectivity index (χ1n) is 4.49. The Hall–Kier alpha value is -1.02. The highest BCUT2D eigenvalue weighted by Gasteiger charge is 2.02. The molecule has 0 aromatic heterocycles. The monoisotopic (exact) mass is 180 g/mol. The van der Waals surface area contributed by atoms with E-state index in [4.69, 9.17) is 9.47 Å². The minimum absolute atomic E-state index is 0.313. The van der Waals surface area contributed by atoms with Gasteiger partial charge in [0.1, 0.15) is 5.75 Å². The highest BCUT2D eigenvalue weighted by Crippen LogP contribution is 2.21. The van der Waals surface area contributed by atoms with Gasteiger partial charge in [0.05, 0.1) is 0 Å². The lowest BCUT2D eigenvalue weighted by Gasteiger charge is -2.10. The summed E-state index contributed by atoms with van der Waals surface area (Å²) in [5.41, 5.74) is 2.54. The van der Waals surface area contributed by atoms with Crippen molar-refractivity contribution in [2.75, 3.05) is 13.9 Å². The summed E-state index contributed by atoms with van der Waals surface area (Å²) in [6.07, 6.45) is 1.04. The van der Waals surface area contributed by atoms with Gasteiger partial charge in [-0.2, -0.15) is 0 Å². The average molecular weight is 180 g/mol. The molecule has 0 radical (unpaired) electrons. The van der Waals surface area contributed by atoms with Crippen molar-refractivity contribution in [2.24, 2.45) is 0 Å². The maximum Gasteiger partial charge on any atom is 0.188 e. The Morgan fingerprint density at radius 3 is 2.69 bits per heavy atom. The van der Waals surface area contributed by atoms with Crippen LogP contribution in [-0.2, 0) is 11.2 Å². The molecule has 1 aromatic rings. The molecule has 1 aromatic carbocycles. The van der Waals surface area contributed by atoms with Crippen LogP contribution in [0.4, 0.5) is 0 Å². The standard InChI is InChI=1S/C11H16O2/c1-4-10-6-5-7-11(9(10)2)13-8-12-3/h5-7H,4,8H2,1-3H3. The predicted molar refractivity (Wildman–Crippen MR) is 53.1 cm³/mol. The summed E-state index contributed by atoms with van der Waals surface area (Å²) in [4.78, 5) is 0. The van der Waals surface area contributed by atoms with Crippen molar-refractivity contribution < 1.29 is 9.47 Å². The normalized spacial score (nSPS) is 10.1. The molecule has 0 saturated carbocycles.